The van der Waals surface area contributed by atoms with Gasteiger partial charge in [0.2, 0.25) is 5.43 Å². The lowest BCUT2D eigenvalue weighted by molar-refractivity contribution is 0.0524. The molecule has 1 atom stereocenters. The molecule has 2 fully saturated rings. The fourth-order valence-electron chi connectivity index (χ4n) is 4.48. The van der Waals surface area contributed by atoms with Gasteiger partial charge in [0.1, 0.15) is 22.7 Å². The Morgan fingerprint density at radius 1 is 1.24 bits per heavy atom. The van der Waals surface area contributed by atoms with Crippen molar-refractivity contribution in [3.63, 3.8) is 0 Å². The van der Waals surface area contributed by atoms with Crippen LogP contribution in [0.1, 0.15) is 62.9 Å². The highest BCUT2D eigenvalue weighted by Crippen LogP contribution is 2.40. The van der Waals surface area contributed by atoms with E-state index in [4.69, 9.17) is 4.74 Å². The van der Waals surface area contributed by atoms with Gasteiger partial charge in [-0.1, -0.05) is 0 Å². The average molecular weight is 478 g/mol. The van der Waals surface area contributed by atoms with Crippen LogP contribution >= 0.6 is 0 Å². The van der Waals surface area contributed by atoms with Crippen LogP contribution in [0.3, 0.4) is 0 Å². The molecule has 2 N–H and O–H groups in total. The number of hydrogen-bond donors (Lipinski definition) is 2. The van der Waals surface area contributed by atoms with E-state index in [9.17, 15) is 19.5 Å². The van der Waals surface area contributed by atoms with Crippen molar-refractivity contribution in [2.24, 2.45) is 5.92 Å². The van der Waals surface area contributed by atoms with Crippen LogP contribution in [0.25, 0.3) is 10.9 Å². The van der Waals surface area contributed by atoms with Gasteiger partial charge in [0.05, 0.1) is 10.9 Å². The number of aromatic carboxylic acids is 1. The summed E-state index contributed by atoms with van der Waals surface area (Å²) < 4.78 is 37.5. The summed E-state index contributed by atoms with van der Waals surface area (Å²) in [5.74, 6) is -3.04. The molecule has 2 heterocycles. The van der Waals surface area contributed by atoms with Crippen LogP contribution in [0.5, 0.6) is 0 Å². The second kappa shape index (κ2) is 8.88. The molecule has 8 nitrogen and oxygen atoms in total. The summed E-state index contributed by atoms with van der Waals surface area (Å²) in [5.41, 5.74) is -2.23. The number of ether oxygens (including phenoxy) is 1. The molecular weight excluding hydrogens is 448 g/mol. The van der Waals surface area contributed by atoms with Crippen molar-refractivity contribution in [3.8, 4) is 0 Å². The number of aromatic nitrogens is 1. The Kier molecular flexibility index (Phi) is 6.26. The number of halogens is 2. The molecule has 1 aliphatic heterocycles. The summed E-state index contributed by atoms with van der Waals surface area (Å²) in [6.45, 7) is 6.54. The second-order valence-corrected chi connectivity index (χ2v) is 10.1. The van der Waals surface area contributed by atoms with Crippen LogP contribution < -0.4 is 15.6 Å². The molecule has 1 unspecified atom stereocenters. The van der Waals surface area contributed by atoms with E-state index >= 15 is 8.78 Å². The number of rotatable bonds is 6. The van der Waals surface area contributed by atoms with Crippen molar-refractivity contribution in [2.75, 3.05) is 24.5 Å². The number of fused-ring (bicyclic) bond motifs is 1. The number of carboxylic acid groups (broad SMARTS) is 1. The predicted octanol–water partition coefficient (Wildman–Crippen LogP) is 4.05. The van der Waals surface area contributed by atoms with Crippen LogP contribution in [0.4, 0.5) is 19.3 Å². The van der Waals surface area contributed by atoms with Crippen molar-refractivity contribution in [1.29, 1.82) is 0 Å². The van der Waals surface area contributed by atoms with Gasteiger partial charge < -0.3 is 24.6 Å². The first-order valence-electron chi connectivity index (χ1n) is 11.5. The summed E-state index contributed by atoms with van der Waals surface area (Å²) in [6.07, 6.45) is 3.46. The number of pyridine rings is 1. The van der Waals surface area contributed by atoms with Crippen LogP contribution in [-0.2, 0) is 4.74 Å². The Bertz CT molecular complexity index is 1200. The SMILES string of the molecule is CC(C)(C)OC(=O)NCCC1CCN(c2c(F)cc3c(=O)c(C(=O)O)cn(C4CC4)c3c2F)C1. The number of hydrogen-bond acceptors (Lipinski definition) is 5. The second-order valence-electron chi connectivity index (χ2n) is 10.1. The number of anilines is 1. The van der Waals surface area contributed by atoms with Crippen LogP contribution in [-0.4, -0.2) is 47.0 Å². The first kappa shape index (κ1) is 24.0. The minimum atomic E-state index is -1.42. The Hall–Kier alpha value is -3.17. The van der Waals surface area contributed by atoms with Crippen molar-refractivity contribution in [2.45, 2.75) is 58.1 Å². The highest BCUT2D eigenvalue weighted by molar-refractivity contribution is 5.94. The van der Waals surface area contributed by atoms with Gasteiger partial charge in [0, 0.05) is 31.9 Å². The van der Waals surface area contributed by atoms with E-state index in [2.05, 4.69) is 5.32 Å². The van der Waals surface area contributed by atoms with Gasteiger partial charge in [-0.15, -0.1) is 0 Å². The Labute approximate surface area is 195 Å². The van der Waals surface area contributed by atoms with E-state index in [1.807, 2.05) is 0 Å². The van der Waals surface area contributed by atoms with Crippen molar-refractivity contribution in [3.05, 3.63) is 39.7 Å². The van der Waals surface area contributed by atoms with E-state index in [1.54, 1.807) is 25.7 Å². The highest BCUT2D eigenvalue weighted by Gasteiger charge is 2.33. The van der Waals surface area contributed by atoms with Gasteiger partial charge in [-0.05, 0) is 58.4 Å². The van der Waals surface area contributed by atoms with Gasteiger partial charge in [-0.25, -0.2) is 18.4 Å². The molecular formula is C24H29F2N3O5. The zero-order valence-corrected chi connectivity index (χ0v) is 19.5. The van der Waals surface area contributed by atoms with Crippen LogP contribution in [0.2, 0.25) is 0 Å². The lowest BCUT2D eigenvalue weighted by Gasteiger charge is -2.23. The molecule has 2 aromatic rings. The summed E-state index contributed by atoms with van der Waals surface area (Å²) in [5, 5.41) is 11.8. The molecule has 1 saturated heterocycles. The van der Waals surface area contributed by atoms with Crippen molar-refractivity contribution in [1.82, 2.24) is 9.88 Å². The molecule has 1 aliphatic carbocycles. The summed E-state index contributed by atoms with van der Waals surface area (Å²) in [6, 6.07) is 0.845. The van der Waals surface area contributed by atoms with Gasteiger partial charge in [0.15, 0.2) is 5.82 Å². The van der Waals surface area contributed by atoms with Gasteiger partial charge in [-0.3, -0.25) is 4.79 Å². The number of carbonyl (C=O) groups is 2. The minimum absolute atomic E-state index is 0.0519. The molecule has 1 aromatic heterocycles. The molecule has 1 saturated carbocycles. The van der Waals surface area contributed by atoms with Crippen molar-refractivity contribution < 1.29 is 28.2 Å². The van der Waals surface area contributed by atoms with Crippen molar-refractivity contribution >= 4 is 28.7 Å². The summed E-state index contributed by atoms with van der Waals surface area (Å²) in [4.78, 5) is 37.6. The zero-order valence-electron chi connectivity index (χ0n) is 19.5. The number of benzene rings is 1. The molecule has 4 rings (SSSR count). The fraction of sp³-hybridized carbons (Fsp3) is 0.542. The Morgan fingerprint density at radius 3 is 2.56 bits per heavy atom. The largest absolute Gasteiger partial charge is 0.477 e. The number of amides is 1. The topological polar surface area (TPSA) is 101 Å². The Morgan fingerprint density at radius 2 is 1.94 bits per heavy atom. The maximum atomic E-state index is 15.7. The van der Waals surface area contributed by atoms with Gasteiger partial charge >= 0.3 is 12.1 Å². The first-order valence-corrected chi connectivity index (χ1v) is 11.5. The summed E-state index contributed by atoms with van der Waals surface area (Å²) >= 11 is 0. The average Bonchev–Trinajstić information content (AvgIpc) is 3.46. The van der Waals surface area contributed by atoms with E-state index in [0.29, 0.717) is 32.5 Å². The number of nitrogens with one attached hydrogen (secondary N) is 1. The normalized spacial score (nSPS) is 18.4. The highest BCUT2D eigenvalue weighted by atomic mass is 19.1. The monoisotopic (exact) mass is 477 g/mol. The summed E-state index contributed by atoms with van der Waals surface area (Å²) in [7, 11) is 0. The van der Waals surface area contributed by atoms with Crippen LogP contribution in [0.15, 0.2) is 17.1 Å². The van der Waals surface area contributed by atoms with Gasteiger partial charge in [0.25, 0.3) is 0 Å². The molecule has 1 aromatic carbocycles. The third kappa shape index (κ3) is 4.85. The standard InChI is InChI=1S/C24H29F2N3O5/c1-24(2,3)34-23(33)27-8-6-13-7-9-28(11-13)20-17(25)10-15-19(18(20)26)29(14-4-5-14)12-16(21(15)30)22(31)32/h10,12-14H,4-9,11H2,1-3H3,(H,27,33)(H,31,32). The third-order valence-electron chi connectivity index (χ3n) is 6.18. The predicted molar refractivity (Wildman–Crippen MR) is 123 cm³/mol. The molecule has 0 radical (unpaired) electrons. The lowest BCUT2D eigenvalue weighted by Crippen LogP contribution is -2.33. The molecule has 0 bridgehead atoms. The fourth-order valence-corrected chi connectivity index (χ4v) is 4.48. The van der Waals surface area contributed by atoms with E-state index in [-0.39, 0.29) is 28.6 Å². The third-order valence-corrected chi connectivity index (χ3v) is 6.18. The number of carbonyl (C=O) groups excluding carboxylic acids is 1. The molecule has 10 heteroatoms. The molecule has 0 spiro atoms. The van der Waals surface area contributed by atoms with E-state index in [1.165, 1.54) is 10.8 Å². The zero-order chi connectivity index (χ0) is 24.8. The lowest BCUT2D eigenvalue weighted by atomic mass is 10.1. The quantitative estimate of drug-likeness (QED) is 0.651. The number of nitrogens with zero attached hydrogens (tertiary/aromatic N) is 2. The van der Waals surface area contributed by atoms with E-state index in [0.717, 1.165) is 18.9 Å². The first-order chi connectivity index (χ1) is 16.0. The minimum Gasteiger partial charge on any atom is -0.477 e. The Balaban J connectivity index is 1.55. The molecule has 1 amide bonds. The van der Waals surface area contributed by atoms with Crippen LogP contribution in [0, 0.1) is 17.6 Å². The van der Waals surface area contributed by atoms with Gasteiger partial charge in [-0.2, -0.15) is 0 Å². The maximum absolute atomic E-state index is 15.7. The smallest absolute Gasteiger partial charge is 0.407 e. The molecule has 2 aliphatic rings. The number of alkyl carbamates (subject to hydrolysis) is 1. The maximum Gasteiger partial charge on any atom is 0.407 e. The molecule has 34 heavy (non-hydrogen) atoms. The molecule has 184 valence electrons. The number of carboxylic acids is 1. The van der Waals surface area contributed by atoms with E-state index < -0.39 is 40.3 Å².